The Balaban J connectivity index is 2.75. The number of rotatable bonds is 1. The molecular weight excluding hydrogens is 152 g/mol. The Bertz CT molecular complexity index is 159. The molecule has 10 heavy (non-hydrogen) atoms. The Labute approximate surface area is 63.4 Å². The summed E-state index contributed by atoms with van der Waals surface area (Å²) < 4.78 is 0. The van der Waals surface area contributed by atoms with E-state index in [0.717, 1.165) is 5.75 Å². The highest BCUT2D eigenvalue weighted by Crippen LogP contribution is 2.35. The molecule has 0 aromatic carbocycles. The van der Waals surface area contributed by atoms with Crippen LogP contribution in [-0.4, -0.2) is 32.8 Å². The van der Waals surface area contributed by atoms with Crippen LogP contribution >= 0.6 is 11.8 Å². The number of aliphatic hydroxyl groups is 1. The van der Waals surface area contributed by atoms with Crippen LogP contribution in [-0.2, 0) is 4.79 Å². The second kappa shape index (κ2) is 2.43. The second-order valence-electron chi connectivity index (χ2n) is 2.49. The molecule has 0 bridgehead atoms. The van der Waals surface area contributed by atoms with Gasteiger partial charge in [0.2, 0.25) is 0 Å². The molecule has 0 radical (unpaired) electrons. The number of carbonyl (C=O) groups is 1. The maximum absolute atomic E-state index is 10.5. The largest absolute Gasteiger partial charge is 0.479 e. The van der Waals surface area contributed by atoms with Gasteiger partial charge in [0.05, 0.1) is 0 Å². The van der Waals surface area contributed by atoms with Crippen LogP contribution < -0.4 is 0 Å². The van der Waals surface area contributed by atoms with Crippen LogP contribution in [0.1, 0.15) is 13.3 Å². The first-order chi connectivity index (χ1) is 4.57. The van der Waals surface area contributed by atoms with Gasteiger partial charge in [-0.05, 0) is 19.1 Å². The summed E-state index contributed by atoms with van der Waals surface area (Å²) in [7, 11) is 0. The molecule has 2 atom stereocenters. The lowest BCUT2D eigenvalue weighted by Crippen LogP contribution is -2.43. The molecule has 2 N–H and O–H groups in total. The lowest BCUT2D eigenvalue weighted by atomic mass is 9.98. The van der Waals surface area contributed by atoms with Crippen LogP contribution in [0.3, 0.4) is 0 Å². The summed E-state index contributed by atoms with van der Waals surface area (Å²) in [4.78, 5) is 10.5. The van der Waals surface area contributed by atoms with Gasteiger partial charge in [-0.15, -0.1) is 0 Å². The van der Waals surface area contributed by atoms with Crippen LogP contribution in [0.5, 0.6) is 0 Å². The molecule has 0 saturated carbocycles. The zero-order valence-corrected chi connectivity index (χ0v) is 6.52. The summed E-state index contributed by atoms with van der Waals surface area (Å²) in [6.45, 7) is 1.74. The molecule has 58 valence electrons. The van der Waals surface area contributed by atoms with E-state index in [9.17, 15) is 9.90 Å². The number of thioether (sulfide) groups is 1. The third kappa shape index (κ3) is 1.01. The van der Waals surface area contributed by atoms with E-state index in [1.807, 2.05) is 0 Å². The lowest BCUT2D eigenvalue weighted by molar-refractivity contribution is -0.157. The summed E-state index contributed by atoms with van der Waals surface area (Å²) in [5, 5.41) is 17.8. The fourth-order valence-corrected chi connectivity index (χ4v) is 2.29. The fraction of sp³-hybridized carbons (Fsp3) is 0.833. The van der Waals surface area contributed by atoms with Crippen LogP contribution in [0.2, 0.25) is 0 Å². The molecule has 1 aliphatic heterocycles. The van der Waals surface area contributed by atoms with Gasteiger partial charge >= 0.3 is 5.97 Å². The normalized spacial score (nSPS) is 40.0. The first-order valence-electron chi connectivity index (χ1n) is 3.15. The summed E-state index contributed by atoms with van der Waals surface area (Å²) in [6.07, 6.45) is 0.369. The Morgan fingerprint density at radius 1 is 1.80 bits per heavy atom. The van der Waals surface area contributed by atoms with E-state index in [0.29, 0.717) is 6.42 Å². The molecule has 1 saturated heterocycles. The highest BCUT2D eigenvalue weighted by atomic mass is 32.2. The second-order valence-corrected chi connectivity index (χ2v) is 3.94. The Hall–Kier alpha value is -0.220. The van der Waals surface area contributed by atoms with Crippen LogP contribution in [0, 0.1) is 0 Å². The monoisotopic (exact) mass is 162 g/mol. The van der Waals surface area contributed by atoms with Crippen LogP contribution in [0.15, 0.2) is 0 Å². The van der Waals surface area contributed by atoms with E-state index in [1.54, 1.807) is 6.92 Å². The Kier molecular flexibility index (Phi) is 1.92. The molecule has 0 spiro atoms. The molecule has 2 unspecified atom stereocenters. The third-order valence-electron chi connectivity index (χ3n) is 1.89. The zero-order chi connectivity index (χ0) is 7.78. The quantitative estimate of drug-likeness (QED) is 0.583. The Morgan fingerprint density at radius 2 is 2.40 bits per heavy atom. The maximum Gasteiger partial charge on any atom is 0.336 e. The van der Waals surface area contributed by atoms with Crippen molar-refractivity contribution in [3.05, 3.63) is 0 Å². The molecular formula is C6H10O3S. The van der Waals surface area contributed by atoms with Crippen molar-refractivity contribution in [2.45, 2.75) is 24.2 Å². The van der Waals surface area contributed by atoms with Gasteiger partial charge in [0, 0.05) is 5.25 Å². The topological polar surface area (TPSA) is 57.5 Å². The van der Waals surface area contributed by atoms with Crippen molar-refractivity contribution in [1.29, 1.82) is 0 Å². The summed E-state index contributed by atoms with van der Waals surface area (Å²) in [5.74, 6) is -0.353. The van der Waals surface area contributed by atoms with Crippen molar-refractivity contribution in [3.8, 4) is 0 Å². The summed E-state index contributed by atoms with van der Waals surface area (Å²) >= 11 is 1.50. The van der Waals surface area contributed by atoms with Crippen molar-refractivity contribution < 1.29 is 15.0 Å². The van der Waals surface area contributed by atoms with Gasteiger partial charge in [0.1, 0.15) is 0 Å². The van der Waals surface area contributed by atoms with E-state index >= 15 is 0 Å². The minimum absolute atomic E-state index is 0.176. The van der Waals surface area contributed by atoms with Gasteiger partial charge in [-0.1, -0.05) is 0 Å². The minimum atomic E-state index is -1.47. The van der Waals surface area contributed by atoms with Gasteiger partial charge in [-0.25, -0.2) is 4.79 Å². The van der Waals surface area contributed by atoms with Crippen molar-refractivity contribution in [2.24, 2.45) is 0 Å². The van der Waals surface area contributed by atoms with E-state index < -0.39 is 11.6 Å². The predicted octanol–water partition coefficient (Wildman–Crippen LogP) is 0.327. The van der Waals surface area contributed by atoms with Crippen LogP contribution in [0.25, 0.3) is 0 Å². The van der Waals surface area contributed by atoms with Gasteiger partial charge < -0.3 is 10.2 Å². The number of hydrogen-bond donors (Lipinski definition) is 2. The first-order valence-corrected chi connectivity index (χ1v) is 4.19. The smallest absolute Gasteiger partial charge is 0.336 e. The molecule has 0 aromatic heterocycles. The van der Waals surface area contributed by atoms with E-state index in [-0.39, 0.29) is 5.25 Å². The summed E-state index contributed by atoms with van der Waals surface area (Å²) in [6, 6.07) is 0. The van der Waals surface area contributed by atoms with Crippen molar-refractivity contribution in [1.82, 2.24) is 0 Å². The fourth-order valence-electron chi connectivity index (χ4n) is 1.01. The minimum Gasteiger partial charge on any atom is -0.479 e. The van der Waals surface area contributed by atoms with Crippen molar-refractivity contribution in [2.75, 3.05) is 5.75 Å². The highest BCUT2D eigenvalue weighted by Gasteiger charge is 2.45. The molecule has 0 amide bonds. The first kappa shape index (κ1) is 7.88. The Morgan fingerprint density at radius 3 is 2.60 bits per heavy atom. The van der Waals surface area contributed by atoms with Gasteiger partial charge in [-0.2, -0.15) is 11.8 Å². The lowest BCUT2D eigenvalue weighted by Gasteiger charge is -2.20. The maximum atomic E-state index is 10.5. The molecule has 1 rings (SSSR count). The number of carboxylic acid groups (broad SMARTS) is 1. The van der Waals surface area contributed by atoms with Gasteiger partial charge in [0.15, 0.2) is 5.60 Å². The van der Waals surface area contributed by atoms with Crippen LogP contribution in [0.4, 0.5) is 0 Å². The van der Waals surface area contributed by atoms with Crippen molar-refractivity contribution >= 4 is 17.7 Å². The molecule has 0 aliphatic carbocycles. The van der Waals surface area contributed by atoms with Crippen molar-refractivity contribution in [3.63, 3.8) is 0 Å². The molecule has 1 heterocycles. The van der Waals surface area contributed by atoms with E-state index in [2.05, 4.69) is 0 Å². The molecule has 3 nitrogen and oxygen atoms in total. The highest BCUT2D eigenvalue weighted by molar-refractivity contribution is 8.00. The molecule has 1 fully saturated rings. The standard InChI is InChI=1S/C6H10O3S/c1-4-6(9,5(7)8)2-3-10-4/h4,9H,2-3H2,1H3,(H,7,8). The van der Waals surface area contributed by atoms with Gasteiger partial charge in [0.25, 0.3) is 0 Å². The molecule has 1 aliphatic rings. The average Bonchev–Trinajstić information content (AvgIpc) is 2.15. The number of aliphatic carboxylic acids is 1. The van der Waals surface area contributed by atoms with E-state index in [1.165, 1.54) is 11.8 Å². The summed E-state index contributed by atoms with van der Waals surface area (Å²) in [5.41, 5.74) is -1.47. The number of carboxylic acids is 1. The molecule has 4 heteroatoms. The third-order valence-corrected chi connectivity index (χ3v) is 3.22. The van der Waals surface area contributed by atoms with E-state index in [4.69, 9.17) is 5.11 Å². The molecule has 0 aromatic rings. The SMILES string of the molecule is CC1SCCC1(O)C(=O)O. The van der Waals surface area contributed by atoms with Gasteiger partial charge in [-0.3, -0.25) is 0 Å². The average molecular weight is 162 g/mol. The zero-order valence-electron chi connectivity index (χ0n) is 5.70. The number of hydrogen-bond acceptors (Lipinski definition) is 3. The predicted molar refractivity (Wildman–Crippen MR) is 39.1 cm³/mol.